The maximum absolute atomic E-state index is 11.0. The summed E-state index contributed by atoms with van der Waals surface area (Å²) in [6, 6.07) is 6.50. The summed E-state index contributed by atoms with van der Waals surface area (Å²) in [5.41, 5.74) is 8.12. The maximum atomic E-state index is 11.0. The van der Waals surface area contributed by atoms with Gasteiger partial charge in [0.2, 0.25) is 0 Å². The number of hydrogen-bond donors (Lipinski definition) is 3. The van der Waals surface area contributed by atoms with Crippen LogP contribution >= 0.6 is 7.82 Å². The predicted molar refractivity (Wildman–Crippen MR) is 109 cm³/mol. The van der Waals surface area contributed by atoms with Crippen LogP contribution in [-0.2, 0) is 15.5 Å². The summed E-state index contributed by atoms with van der Waals surface area (Å²) in [6.45, 7) is 2.92. The molecule has 0 aromatic heterocycles. The molecule has 0 radical (unpaired) electrons. The Kier molecular flexibility index (Phi) is 7.21. The average molecular weight is 411 g/mol. The van der Waals surface area contributed by atoms with Crippen molar-refractivity contribution < 1.29 is 23.6 Å². The van der Waals surface area contributed by atoms with Crippen molar-refractivity contribution in [2.75, 3.05) is 13.2 Å². The zero-order valence-corrected chi connectivity index (χ0v) is 17.7. The third-order valence-corrected chi connectivity index (χ3v) is 6.64. The van der Waals surface area contributed by atoms with Gasteiger partial charge in [-0.25, -0.2) is 4.57 Å². The monoisotopic (exact) mass is 411 g/mol. The van der Waals surface area contributed by atoms with E-state index in [1.165, 1.54) is 43.2 Å². The first kappa shape index (κ1) is 21.8. The molecule has 6 nitrogen and oxygen atoms in total. The van der Waals surface area contributed by atoms with E-state index in [4.69, 9.17) is 20.3 Å². The molecule has 4 N–H and O–H groups in total. The van der Waals surface area contributed by atoms with Gasteiger partial charge in [-0.1, -0.05) is 44.7 Å². The fourth-order valence-corrected chi connectivity index (χ4v) is 4.96. The summed E-state index contributed by atoms with van der Waals surface area (Å²) in [7, 11) is -4.49. The van der Waals surface area contributed by atoms with E-state index in [2.05, 4.69) is 29.6 Å². The highest BCUT2D eigenvalue weighted by atomic mass is 31.2. The highest BCUT2D eigenvalue weighted by Gasteiger charge is 2.38. The van der Waals surface area contributed by atoms with Crippen molar-refractivity contribution in [2.24, 2.45) is 11.7 Å². The van der Waals surface area contributed by atoms with E-state index in [9.17, 15) is 4.57 Å². The second-order valence-electron chi connectivity index (χ2n) is 8.66. The number of phosphoric acid groups is 1. The Morgan fingerprint density at radius 3 is 2.89 bits per heavy atom. The van der Waals surface area contributed by atoms with Gasteiger partial charge in [-0.3, -0.25) is 4.52 Å². The first-order valence-electron chi connectivity index (χ1n) is 10.5. The molecule has 1 aromatic carbocycles. The minimum absolute atomic E-state index is 0.116. The molecule has 28 heavy (non-hydrogen) atoms. The van der Waals surface area contributed by atoms with E-state index in [0.717, 1.165) is 25.2 Å². The van der Waals surface area contributed by atoms with Crippen LogP contribution in [0.2, 0.25) is 0 Å². The summed E-state index contributed by atoms with van der Waals surface area (Å²) < 4.78 is 21.7. The minimum Gasteiger partial charge on any atom is -0.493 e. The summed E-state index contributed by atoms with van der Waals surface area (Å²) in [5.74, 6) is 1.87. The standard InChI is InChI=1S/C21H34NO5P/c1-2-3-4-5-6-16-11-18-8-7-17(12-20(18)26-14-16)19-9-10-21(22,13-19)15-27-28(23,24)25/h7-8,12,16,19H,2-6,9-11,13-15,22H2,1H3,(H2,23,24,25)/t16-,19-,21-/m1/s1. The SMILES string of the molecule is CCCCCC[C@H]1COc2cc([C@@H]3CC[C@](N)(COP(=O)(O)O)C3)ccc2C1. The maximum Gasteiger partial charge on any atom is 0.469 e. The number of hydrogen-bond acceptors (Lipinski definition) is 4. The number of fused-ring (bicyclic) bond motifs is 1. The first-order chi connectivity index (χ1) is 13.3. The van der Waals surface area contributed by atoms with Crippen LogP contribution in [0.1, 0.15) is 75.3 Å². The number of benzene rings is 1. The molecular formula is C21H34NO5P. The van der Waals surface area contributed by atoms with Gasteiger partial charge in [-0.15, -0.1) is 0 Å². The predicted octanol–water partition coefficient (Wildman–Crippen LogP) is 4.28. The lowest BCUT2D eigenvalue weighted by Gasteiger charge is -2.27. The number of unbranched alkanes of at least 4 members (excludes halogenated alkanes) is 3. The summed E-state index contributed by atoms with van der Waals surface area (Å²) in [4.78, 5) is 17.9. The molecule has 0 bridgehead atoms. The Morgan fingerprint density at radius 1 is 1.32 bits per heavy atom. The smallest absolute Gasteiger partial charge is 0.469 e. The van der Waals surface area contributed by atoms with Crippen molar-refractivity contribution >= 4 is 7.82 Å². The van der Waals surface area contributed by atoms with E-state index < -0.39 is 13.4 Å². The van der Waals surface area contributed by atoms with Gasteiger partial charge in [0.05, 0.1) is 13.2 Å². The molecule has 0 amide bonds. The van der Waals surface area contributed by atoms with Crippen molar-refractivity contribution in [1.29, 1.82) is 0 Å². The van der Waals surface area contributed by atoms with Crippen LogP contribution in [0.25, 0.3) is 0 Å². The van der Waals surface area contributed by atoms with Gasteiger partial charge in [0.25, 0.3) is 0 Å². The molecule has 3 atom stereocenters. The lowest BCUT2D eigenvalue weighted by molar-refractivity contribution is 0.153. The van der Waals surface area contributed by atoms with Crippen LogP contribution in [0.3, 0.4) is 0 Å². The van der Waals surface area contributed by atoms with E-state index in [1.54, 1.807) is 0 Å². The van der Waals surface area contributed by atoms with Gasteiger partial charge in [0, 0.05) is 5.54 Å². The Balaban J connectivity index is 1.56. The quantitative estimate of drug-likeness (QED) is 0.414. The highest BCUT2D eigenvalue weighted by Crippen LogP contribution is 2.44. The van der Waals surface area contributed by atoms with Crippen molar-refractivity contribution in [3.8, 4) is 5.75 Å². The lowest BCUT2D eigenvalue weighted by atomic mass is 9.88. The fourth-order valence-electron chi connectivity index (χ4n) is 4.54. The van der Waals surface area contributed by atoms with Crippen LogP contribution in [0.5, 0.6) is 5.75 Å². The Morgan fingerprint density at radius 2 is 2.14 bits per heavy atom. The van der Waals surface area contributed by atoms with E-state index in [-0.39, 0.29) is 12.5 Å². The molecule has 1 saturated carbocycles. The zero-order chi connectivity index (χ0) is 20.2. The van der Waals surface area contributed by atoms with Crippen LogP contribution in [-0.4, -0.2) is 28.5 Å². The highest BCUT2D eigenvalue weighted by molar-refractivity contribution is 7.46. The molecule has 1 aliphatic carbocycles. The third-order valence-electron chi connectivity index (χ3n) is 6.18. The number of rotatable bonds is 9. The molecule has 0 saturated heterocycles. The number of ether oxygens (including phenoxy) is 1. The third kappa shape index (κ3) is 6.04. The fraction of sp³-hybridized carbons (Fsp3) is 0.714. The Hall–Kier alpha value is -0.910. The van der Waals surface area contributed by atoms with E-state index in [1.807, 2.05) is 0 Å². The van der Waals surface area contributed by atoms with Gasteiger partial charge in [0.1, 0.15) is 5.75 Å². The van der Waals surface area contributed by atoms with E-state index >= 15 is 0 Å². The molecule has 1 fully saturated rings. The number of nitrogens with two attached hydrogens (primary N) is 1. The van der Waals surface area contributed by atoms with E-state index in [0.29, 0.717) is 18.8 Å². The summed E-state index contributed by atoms with van der Waals surface area (Å²) >= 11 is 0. The van der Waals surface area contributed by atoms with Gasteiger partial charge < -0.3 is 20.3 Å². The van der Waals surface area contributed by atoms with Gasteiger partial charge in [-0.2, -0.15) is 0 Å². The molecule has 158 valence electrons. The van der Waals surface area contributed by atoms with Crippen LogP contribution in [0, 0.1) is 5.92 Å². The lowest BCUT2D eigenvalue weighted by Crippen LogP contribution is -2.41. The van der Waals surface area contributed by atoms with Crippen molar-refractivity contribution in [2.45, 2.75) is 76.2 Å². The summed E-state index contributed by atoms with van der Waals surface area (Å²) in [5, 5.41) is 0. The second kappa shape index (κ2) is 9.27. The van der Waals surface area contributed by atoms with Gasteiger partial charge >= 0.3 is 7.82 Å². The van der Waals surface area contributed by atoms with Crippen LogP contribution in [0.15, 0.2) is 18.2 Å². The van der Waals surface area contributed by atoms with Crippen LogP contribution in [0.4, 0.5) is 0 Å². The average Bonchev–Trinajstić information content (AvgIpc) is 3.05. The van der Waals surface area contributed by atoms with Crippen LogP contribution < -0.4 is 10.5 Å². The molecule has 1 aliphatic heterocycles. The molecule has 1 aromatic rings. The second-order valence-corrected chi connectivity index (χ2v) is 9.90. The van der Waals surface area contributed by atoms with Crippen molar-refractivity contribution in [1.82, 2.24) is 0 Å². The Bertz CT molecular complexity index is 706. The van der Waals surface area contributed by atoms with Gasteiger partial charge in [-0.05, 0) is 61.1 Å². The molecule has 3 rings (SSSR count). The topological polar surface area (TPSA) is 102 Å². The minimum atomic E-state index is -4.49. The molecule has 7 heteroatoms. The normalized spacial score (nSPS) is 27.4. The largest absolute Gasteiger partial charge is 0.493 e. The molecule has 0 unspecified atom stereocenters. The molecule has 0 spiro atoms. The molecule has 1 heterocycles. The number of phosphoric ester groups is 1. The zero-order valence-electron chi connectivity index (χ0n) is 16.8. The van der Waals surface area contributed by atoms with Gasteiger partial charge in [0.15, 0.2) is 0 Å². The summed E-state index contributed by atoms with van der Waals surface area (Å²) in [6.07, 6.45) is 9.74. The first-order valence-corrected chi connectivity index (χ1v) is 12.1. The molecule has 2 aliphatic rings. The molecular weight excluding hydrogens is 377 g/mol. The Labute approximate surface area is 168 Å². The van der Waals surface area contributed by atoms with Crippen molar-refractivity contribution in [3.05, 3.63) is 29.3 Å². The van der Waals surface area contributed by atoms with Crippen molar-refractivity contribution in [3.63, 3.8) is 0 Å².